The molecule has 1 aromatic heterocycles. The van der Waals surface area contributed by atoms with Gasteiger partial charge >= 0.3 is 6.18 Å². The van der Waals surface area contributed by atoms with Crippen molar-refractivity contribution in [2.24, 2.45) is 0 Å². The van der Waals surface area contributed by atoms with Crippen LogP contribution in [0.15, 0.2) is 48.5 Å². The minimum absolute atomic E-state index is 0.0374. The van der Waals surface area contributed by atoms with E-state index in [4.69, 9.17) is 9.47 Å². The number of anilines is 2. The fraction of sp³-hybridized carbons (Fsp3) is 0.273. The highest BCUT2D eigenvalue weighted by molar-refractivity contribution is 6.03. The Bertz CT molecular complexity index is 1160. The van der Waals surface area contributed by atoms with E-state index in [1.807, 2.05) is 0 Å². The molecule has 0 saturated carbocycles. The van der Waals surface area contributed by atoms with Crippen molar-refractivity contribution in [1.82, 2.24) is 9.78 Å². The van der Waals surface area contributed by atoms with E-state index in [1.165, 1.54) is 50.6 Å². The highest BCUT2D eigenvalue weighted by Crippen LogP contribution is 2.43. The third-order valence-electron chi connectivity index (χ3n) is 5.34. The first-order valence-electron chi connectivity index (χ1n) is 9.91. The minimum Gasteiger partial charge on any atom is -0.493 e. The number of nitrogens with one attached hydrogen (secondary N) is 2. The highest BCUT2D eigenvalue weighted by Gasteiger charge is 2.46. The van der Waals surface area contributed by atoms with Crippen LogP contribution in [-0.4, -0.2) is 36.1 Å². The summed E-state index contributed by atoms with van der Waals surface area (Å²) in [6, 6.07) is 8.47. The molecule has 11 heteroatoms. The number of alkyl halides is 3. The number of methoxy groups -OCH3 is 2. The quantitative estimate of drug-likeness (QED) is 0.523. The molecule has 0 aliphatic carbocycles. The Morgan fingerprint density at radius 3 is 2.42 bits per heavy atom. The van der Waals surface area contributed by atoms with Crippen molar-refractivity contribution in [2.45, 2.75) is 24.7 Å². The lowest BCUT2D eigenvalue weighted by Crippen LogP contribution is -2.35. The predicted octanol–water partition coefficient (Wildman–Crippen LogP) is 4.95. The third kappa shape index (κ3) is 4.57. The number of benzene rings is 2. The molecule has 0 radical (unpaired) electrons. The molecule has 1 amide bonds. The molecule has 3 aromatic rings. The zero-order valence-electron chi connectivity index (χ0n) is 17.6. The van der Waals surface area contributed by atoms with Gasteiger partial charge in [0.1, 0.15) is 11.6 Å². The van der Waals surface area contributed by atoms with Gasteiger partial charge in [0.05, 0.1) is 20.3 Å². The van der Waals surface area contributed by atoms with E-state index >= 15 is 0 Å². The second-order valence-electron chi connectivity index (χ2n) is 7.42. The number of rotatable bonds is 5. The van der Waals surface area contributed by atoms with Crippen molar-refractivity contribution in [3.05, 3.63) is 65.6 Å². The Hall–Kier alpha value is -3.76. The van der Waals surface area contributed by atoms with Crippen molar-refractivity contribution < 1.29 is 31.8 Å². The third-order valence-corrected chi connectivity index (χ3v) is 5.34. The fourth-order valence-electron chi connectivity index (χ4n) is 3.71. The number of halogens is 4. The summed E-state index contributed by atoms with van der Waals surface area (Å²) in [5.41, 5.74) is 0.656. The molecule has 4 rings (SSSR count). The van der Waals surface area contributed by atoms with Crippen LogP contribution in [0.2, 0.25) is 0 Å². The summed E-state index contributed by atoms with van der Waals surface area (Å²) >= 11 is 0. The van der Waals surface area contributed by atoms with Crippen molar-refractivity contribution in [2.75, 3.05) is 24.9 Å². The molecule has 1 aliphatic heterocycles. The Labute approximate surface area is 186 Å². The molecule has 2 atom stereocenters. The van der Waals surface area contributed by atoms with E-state index < -0.39 is 30.0 Å². The lowest BCUT2D eigenvalue weighted by atomic mass is 9.97. The first-order valence-corrected chi connectivity index (χ1v) is 9.91. The Balaban J connectivity index is 1.61. The molecule has 0 unspecified atom stereocenters. The van der Waals surface area contributed by atoms with Gasteiger partial charge in [-0.15, -0.1) is 0 Å². The molecular weight excluding hydrogens is 444 g/mol. The predicted molar refractivity (Wildman–Crippen MR) is 112 cm³/mol. The molecule has 7 nitrogen and oxygen atoms in total. The van der Waals surface area contributed by atoms with Crippen LogP contribution in [0.4, 0.5) is 29.1 Å². The second kappa shape index (κ2) is 8.64. The zero-order chi connectivity index (χ0) is 23.8. The number of nitrogens with zero attached hydrogens (tertiary/aromatic N) is 2. The standard InChI is InChI=1S/C22H20F4N4O3/c1-32-17-8-7-14(9-18(17)33-2)27-21(31)16-11-20-28-15(12-3-5-13(23)6-4-12)10-19(22(24,25)26)30(20)29-16/h3-9,11,15,19,28H,10H2,1-2H3,(H,27,31)/t15-,19-/m0/s1. The number of carbonyl (C=O) groups excluding carboxylic acids is 1. The van der Waals surface area contributed by atoms with Crippen LogP contribution in [0, 0.1) is 5.82 Å². The molecule has 0 fully saturated rings. The number of aromatic nitrogens is 2. The van der Waals surface area contributed by atoms with Gasteiger partial charge in [-0.2, -0.15) is 18.3 Å². The second-order valence-corrected chi connectivity index (χ2v) is 7.42. The lowest BCUT2D eigenvalue weighted by molar-refractivity contribution is -0.173. The van der Waals surface area contributed by atoms with Gasteiger partial charge in [-0.3, -0.25) is 4.79 Å². The lowest BCUT2D eigenvalue weighted by Gasteiger charge is -2.33. The molecule has 0 saturated heterocycles. The molecule has 1 aliphatic rings. The number of hydrogen-bond acceptors (Lipinski definition) is 5. The Morgan fingerprint density at radius 1 is 1.09 bits per heavy atom. The van der Waals surface area contributed by atoms with Gasteiger partial charge in [-0.05, 0) is 29.8 Å². The maximum atomic E-state index is 13.8. The van der Waals surface area contributed by atoms with Crippen LogP contribution >= 0.6 is 0 Å². The van der Waals surface area contributed by atoms with Gasteiger partial charge in [-0.1, -0.05) is 12.1 Å². The number of fused-ring (bicyclic) bond motifs is 1. The summed E-state index contributed by atoms with van der Waals surface area (Å²) in [5.74, 6) is -0.306. The van der Waals surface area contributed by atoms with E-state index in [1.54, 1.807) is 12.1 Å². The van der Waals surface area contributed by atoms with Gasteiger partial charge in [0, 0.05) is 24.2 Å². The summed E-state index contributed by atoms with van der Waals surface area (Å²) < 4.78 is 65.8. The van der Waals surface area contributed by atoms with Crippen molar-refractivity contribution >= 4 is 17.4 Å². The summed E-state index contributed by atoms with van der Waals surface area (Å²) in [5, 5.41) is 9.48. The van der Waals surface area contributed by atoms with Crippen LogP contribution < -0.4 is 20.1 Å². The number of ether oxygens (including phenoxy) is 2. The maximum absolute atomic E-state index is 13.8. The van der Waals surface area contributed by atoms with Gasteiger partial charge in [0.15, 0.2) is 23.2 Å². The van der Waals surface area contributed by atoms with Crippen LogP contribution in [0.1, 0.15) is 34.6 Å². The molecule has 2 heterocycles. The minimum atomic E-state index is -4.60. The first kappa shape index (κ1) is 22.4. The normalized spacial score (nSPS) is 17.6. The van der Waals surface area contributed by atoms with Gasteiger partial charge in [0.25, 0.3) is 5.91 Å². The van der Waals surface area contributed by atoms with E-state index in [0.717, 1.165) is 4.68 Å². The van der Waals surface area contributed by atoms with E-state index in [9.17, 15) is 22.4 Å². The summed E-state index contributed by atoms with van der Waals surface area (Å²) in [6.45, 7) is 0. The summed E-state index contributed by atoms with van der Waals surface area (Å²) in [6.07, 6.45) is -4.96. The Kier molecular flexibility index (Phi) is 5.88. The van der Waals surface area contributed by atoms with E-state index in [-0.39, 0.29) is 17.9 Å². The highest BCUT2D eigenvalue weighted by atomic mass is 19.4. The van der Waals surface area contributed by atoms with Crippen LogP contribution in [0.3, 0.4) is 0 Å². The van der Waals surface area contributed by atoms with Crippen LogP contribution in [0.5, 0.6) is 11.5 Å². The molecule has 0 spiro atoms. The molecule has 174 valence electrons. The molecule has 33 heavy (non-hydrogen) atoms. The molecule has 2 aromatic carbocycles. The van der Waals surface area contributed by atoms with Crippen molar-refractivity contribution in [1.29, 1.82) is 0 Å². The van der Waals surface area contributed by atoms with E-state index in [2.05, 4.69) is 15.7 Å². The molecular formula is C22H20F4N4O3. The first-order chi connectivity index (χ1) is 15.7. The maximum Gasteiger partial charge on any atom is 0.410 e. The summed E-state index contributed by atoms with van der Waals surface area (Å²) in [4.78, 5) is 12.7. The van der Waals surface area contributed by atoms with Gasteiger partial charge in [-0.25, -0.2) is 9.07 Å². The zero-order valence-corrected chi connectivity index (χ0v) is 17.6. The fourth-order valence-corrected chi connectivity index (χ4v) is 3.71. The van der Waals surface area contributed by atoms with Gasteiger partial charge < -0.3 is 20.1 Å². The van der Waals surface area contributed by atoms with Crippen molar-refractivity contribution in [3.8, 4) is 11.5 Å². The Morgan fingerprint density at radius 2 is 1.79 bits per heavy atom. The van der Waals surface area contributed by atoms with Gasteiger partial charge in [0.2, 0.25) is 0 Å². The topological polar surface area (TPSA) is 77.4 Å². The van der Waals surface area contributed by atoms with Crippen LogP contribution in [0.25, 0.3) is 0 Å². The monoisotopic (exact) mass is 464 g/mol. The smallest absolute Gasteiger partial charge is 0.410 e. The SMILES string of the molecule is COc1ccc(NC(=O)c2cc3n(n2)[C@H](C(F)(F)F)C[C@@H](c2ccc(F)cc2)N3)cc1OC. The average molecular weight is 464 g/mol. The van der Waals surface area contributed by atoms with Crippen LogP contribution in [-0.2, 0) is 0 Å². The largest absolute Gasteiger partial charge is 0.493 e. The van der Waals surface area contributed by atoms with E-state index in [0.29, 0.717) is 22.7 Å². The number of amides is 1. The molecule has 0 bridgehead atoms. The average Bonchev–Trinajstić information content (AvgIpc) is 3.22. The molecule has 2 N–H and O–H groups in total. The number of hydrogen-bond donors (Lipinski definition) is 2. The summed E-state index contributed by atoms with van der Waals surface area (Å²) in [7, 11) is 2.91. The number of carbonyl (C=O) groups is 1. The van der Waals surface area contributed by atoms with Crippen molar-refractivity contribution in [3.63, 3.8) is 0 Å².